The van der Waals surface area contributed by atoms with Crippen molar-refractivity contribution in [3.05, 3.63) is 52.2 Å². The summed E-state index contributed by atoms with van der Waals surface area (Å²) in [5.74, 6) is -1.05. The number of carboxylic acids is 1. The Bertz CT molecular complexity index is 625. The molecule has 0 aliphatic rings. The Morgan fingerprint density at radius 1 is 1.24 bits per heavy atom. The molecule has 2 aromatic rings. The first-order valence-corrected chi connectivity index (χ1v) is 7.31. The second kappa shape index (κ2) is 6.90. The number of aliphatic carboxylic acids is 1. The number of hydrogen-bond donors (Lipinski definition) is 2. The van der Waals surface area contributed by atoms with E-state index < -0.39 is 12.0 Å². The highest BCUT2D eigenvalue weighted by molar-refractivity contribution is 7.10. The number of hydrogen-bond acceptors (Lipinski definition) is 3. The Balaban J connectivity index is 2.08. The van der Waals surface area contributed by atoms with Crippen LogP contribution in [0, 0.1) is 6.92 Å². The number of anilines is 1. The topological polar surface area (TPSA) is 69.6 Å². The van der Waals surface area contributed by atoms with Crippen molar-refractivity contribution in [2.24, 2.45) is 0 Å². The van der Waals surface area contributed by atoms with Gasteiger partial charge in [0.1, 0.15) is 6.54 Å². The number of carbonyl (C=O) groups excluding carboxylic acids is 1. The van der Waals surface area contributed by atoms with Gasteiger partial charge in [-0.1, -0.05) is 18.2 Å². The second-order valence-corrected chi connectivity index (χ2v) is 5.50. The molecule has 2 amide bonds. The van der Waals surface area contributed by atoms with Crippen molar-refractivity contribution < 1.29 is 14.7 Å². The number of nitrogens with zero attached hydrogens (tertiary/aromatic N) is 1. The maximum atomic E-state index is 12.2. The molecular weight excluding hydrogens is 288 g/mol. The van der Waals surface area contributed by atoms with Crippen molar-refractivity contribution in [2.45, 2.75) is 13.5 Å². The molecule has 110 valence electrons. The summed E-state index contributed by atoms with van der Waals surface area (Å²) in [4.78, 5) is 25.5. The van der Waals surface area contributed by atoms with Gasteiger partial charge in [-0.3, -0.25) is 9.69 Å². The summed E-state index contributed by atoms with van der Waals surface area (Å²) in [5, 5.41) is 13.7. The van der Waals surface area contributed by atoms with Gasteiger partial charge in [-0.25, -0.2) is 4.79 Å². The first-order valence-electron chi connectivity index (χ1n) is 6.43. The summed E-state index contributed by atoms with van der Waals surface area (Å²) in [5.41, 5.74) is 1.67. The third kappa shape index (κ3) is 4.06. The molecule has 2 N–H and O–H groups in total. The lowest BCUT2D eigenvalue weighted by atomic mass is 10.3. The predicted octanol–water partition coefficient (Wildman–Crippen LogP) is 2.86. The van der Waals surface area contributed by atoms with Crippen LogP contribution in [0.3, 0.4) is 0 Å². The van der Waals surface area contributed by atoms with E-state index >= 15 is 0 Å². The summed E-state index contributed by atoms with van der Waals surface area (Å²) in [6.07, 6.45) is 0. The summed E-state index contributed by atoms with van der Waals surface area (Å²) >= 11 is 1.56. The van der Waals surface area contributed by atoms with Gasteiger partial charge in [0.25, 0.3) is 0 Å². The number of aryl methyl sites for hydroxylation is 1. The van der Waals surface area contributed by atoms with Gasteiger partial charge in [0.2, 0.25) is 0 Å². The van der Waals surface area contributed by atoms with Gasteiger partial charge in [-0.05, 0) is 36.1 Å². The maximum Gasteiger partial charge on any atom is 0.323 e. The van der Waals surface area contributed by atoms with Crippen LogP contribution in [0.5, 0.6) is 0 Å². The molecule has 1 heterocycles. The van der Waals surface area contributed by atoms with E-state index in [0.29, 0.717) is 12.2 Å². The zero-order valence-corrected chi connectivity index (χ0v) is 12.4. The van der Waals surface area contributed by atoms with E-state index in [2.05, 4.69) is 5.32 Å². The number of carboxylic acid groups (broad SMARTS) is 1. The molecule has 0 aliphatic heterocycles. The zero-order valence-electron chi connectivity index (χ0n) is 11.6. The van der Waals surface area contributed by atoms with Crippen LogP contribution in [0.4, 0.5) is 10.5 Å². The Labute approximate surface area is 126 Å². The fourth-order valence-electron chi connectivity index (χ4n) is 1.86. The Morgan fingerprint density at radius 2 is 1.95 bits per heavy atom. The molecular formula is C15H16N2O3S. The third-order valence-electron chi connectivity index (χ3n) is 2.97. The number of rotatable bonds is 5. The fourth-order valence-corrected chi connectivity index (χ4v) is 2.71. The molecule has 0 unspecified atom stereocenters. The molecule has 6 heteroatoms. The minimum atomic E-state index is -1.05. The van der Waals surface area contributed by atoms with E-state index in [0.717, 1.165) is 10.4 Å². The van der Waals surface area contributed by atoms with E-state index in [-0.39, 0.29) is 6.54 Å². The molecule has 21 heavy (non-hydrogen) atoms. The highest BCUT2D eigenvalue weighted by atomic mass is 32.1. The van der Waals surface area contributed by atoms with Gasteiger partial charge in [-0.2, -0.15) is 0 Å². The predicted molar refractivity (Wildman–Crippen MR) is 82.7 cm³/mol. The van der Waals surface area contributed by atoms with Crippen molar-refractivity contribution in [1.29, 1.82) is 0 Å². The Hall–Kier alpha value is -2.34. The lowest BCUT2D eigenvalue weighted by molar-refractivity contribution is -0.135. The van der Waals surface area contributed by atoms with E-state index in [1.165, 1.54) is 4.90 Å². The van der Waals surface area contributed by atoms with Gasteiger partial charge in [0.15, 0.2) is 0 Å². The van der Waals surface area contributed by atoms with Crippen LogP contribution >= 0.6 is 11.3 Å². The van der Waals surface area contributed by atoms with Crippen molar-refractivity contribution >= 4 is 29.0 Å². The van der Waals surface area contributed by atoms with Gasteiger partial charge in [-0.15, -0.1) is 11.3 Å². The second-order valence-electron chi connectivity index (χ2n) is 4.50. The number of thiophene rings is 1. The largest absolute Gasteiger partial charge is 0.480 e. The minimum absolute atomic E-state index is 0.376. The van der Waals surface area contributed by atoms with Crippen molar-refractivity contribution in [1.82, 2.24) is 5.32 Å². The molecule has 1 aromatic carbocycles. The highest BCUT2D eigenvalue weighted by Gasteiger charge is 2.18. The number of benzene rings is 1. The molecule has 0 bridgehead atoms. The zero-order chi connectivity index (χ0) is 15.2. The number of para-hydroxylation sites is 1. The molecule has 0 aliphatic carbocycles. The molecule has 0 radical (unpaired) electrons. The third-order valence-corrected chi connectivity index (χ3v) is 4.00. The minimum Gasteiger partial charge on any atom is -0.480 e. The normalized spacial score (nSPS) is 10.1. The average Bonchev–Trinajstić information content (AvgIpc) is 2.88. The molecule has 0 atom stereocenters. The summed E-state index contributed by atoms with van der Waals surface area (Å²) in [7, 11) is 0. The lowest BCUT2D eigenvalue weighted by Gasteiger charge is -2.21. The smallest absolute Gasteiger partial charge is 0.323 e. The monoisotopic (exact) mass is 304 g/mol. The molecule has 1 aromatic heterocycles. The van der Waals surface area contributed by atoms with Gasteiger partial charge in [0.05, 0.1) is 6.54 Å². The summed E-state index contributed by atoms with van der Waals surface area (Å²) in [6, 6.07) is 10.3. The molecule has 0 spiro atoms. The van der Waals surface area contributed by atoms with Gasteiger partial charge >= 0.3 is 12.0 Å². The fraction of sp³-hybridized carbons (Fsp3) is 0.200. The van der Waals surface area contributed by atoms with Crippen LogP contribution < -0.4 is 10.2 Å². The SMILES string of the molecule is Cc1ccsc1CNC(=O)N(CC(=O)O)c1ccccc1. The molecule has 5 nitrogen and oxygen atoms in total. The average molecular weight is 304 g/mol. The number of amides is 2. The number of carbonyl (C=O) groups is 2. The molecule has 0 saturated heterocycles. The van der Waals surface area contributed by atoms with E-state index in [1.54, 1.807) is 35.6 Å². The van der Waals surface area contributed by atoms with Gasteiger partial charge in [0, 0.05) is 10.6 Å². The van der Waals surface area contributed by atoms with E-state index in [1.807, 2.05) is 24.4 Å². The number of urea groups is 1. The highest BCUT2D eigenvalue weighted by Crippen LogP contribution is 2.16. The summed E-state index contributed by atoms with van der Waals surface area (Å²) < 4.78 is 0. The van der Waals surface area contributed by atoms with Crippen LogP contribution in [0.25, 0.3) is 0 Å². The first kappa shape index (κ1) is 15.1. The van der Waals surface area contributed by atoms with Crippen molar-refractivity contribution in [3.63, 3.8) is 0 Å². The Kier molecular flexibility index (Phi) is 4.94. The van der Waals surface area contributed by atoms with Crippen LogP contribution in [0.15, 0.2) is 41.8 Å². The van der Waals surface area contributed by atoms with Crippen molar-refractivity contribution in [3.8, 4) is 0 Å². The van der Waals surface area contributed by atoms with Crippen LogP contribution in [0.1, 0.15) is 10.4 Å². The maximum absolute atomic E-state index is 12.2. The van der Waals surface area contributed by atoms with E-state index in [9.17, 15) is 9.59 Å². The first-order chi connectivity index (χ1) is 10.1. The van der Waals surface area contributed by atoms with Crippen LogP contribution in [-0.4, -0.2) is 23.7 Å². The van der Waals surface area contributed by atoms with E-state index in [4.69, 9.17) is 5.11 Å². The summed E-state index contributed by atoms with van der Waals surface area (Å²) in [6.45, 7) is 1.99. The quantitative estimate of drug-likeness (QED) is 0.892. The van der Waals surface area contributed by atoms with Crippen molar-refractivity contribution in [2.75, 3.05) is 11.4 Å². The van der Waals surface area contributed by atoms with Gasteiger partial charge < -0.3 is 10.4 Å². The Morgan fingerprint density at radius 3 is 2.52 bits per heavy atom. The molecule has 0 saturated carbocycles. The standard InChI is InChI=1S/C15H16N2O3S/c1-11-7-8-21-13(11)9-16-15(20)17(10-14(18)19)12-5-3-2-4-6-12/h2-8H,9-10H2,1H3,(H,16,20)(H,18,19). The molecule has 0 fully saturated rings. The lowest BCUT2D eigenvalue weighted by Crippen LogP contribution is -2.42. The molecule has 2 rings (SSSR count). The number of nitrogens with one attached hydrogen (secondary N) is 1. The van der Waals surface area contributed by atoms with Crippen LogP contribution in [0.2, 0.25) is 0 Å². The van der Waals surface area contributed by atoms with Crippen LogP contribution in [-0.2, 0) is 11.3 Å².